The molecule has 1 saturated heterocycles. The number of amides is 1. The number of carbonyl (C=O) groups is 1. The van der Waals surface area contributed by atoms with E-state index < -0.39 is 15.8 Å². The lowest BCUT2D eigenvalue weighted by Crippen LogP contribution is -2.41. The lowest BCUT2D eigenvalue weighted by molar-refractivity contribution is -0.120. The molecule has 2 heterocycles. The standard InChI is InChI=1S/C20H19ClFN3O4S2/c1-29-13-2-5-17-18(10-13)30-20(23-17)24-19(26)12-6-8-25(9-7-12)31(27,28)14-3-4-16(22)15(21)11-14/h2-5,10-12H,6-9H2,1H3,(H,23,24,26). The maximum atomic E-state index is 13.4. The van der Waals surface area contributed by atoms with Crippen LogP contribution >= 0.6 is 22.9 Å². The summed E-state index contributed by atoms with van der Waals surface area (Å²) in [6.07, 6.45) is 0.747. The van der Waals surface area contributed by atoms with Crippen LogP contribution in [0.1, 0.15) is 12.8 Å². The normalized spacial score (nSPS) is 15.8. The number of piperidine rings is 1. The van der Waals surface area contributed by atoms with E-state index in [2.05, 4.69) is 10.3 Å². The Morgan fingerprint density at radius 1 is 1.26 bits per heavy atom. The number of fused-ring (bicyclic) bond motifs is 1. The van der Waals surface area contributed by atoms with E-state index in [1.54, 1.807) is 13.2 Å². The van der Waals surface area contributed by atoms with Crippen LogP contribution in [-0.4, -0.2) is 43.8 Å². The maximum Gasteiger partial charge on any atom is 0.243 e. The summed E-state index contributed by atoms with van der Waals surface area (Å²) in [5, 5.41) is 3.08. The third-order valence-electron chi connectivity index (χ3n) is 5.18. The maximum absolute atomic E-state index is 13.4. The number of sulfonamides is 1. The van der Waals surface area contributed by atoms with Crippen molar-refractivity contribution < 1.29 is 22.3 Å². The van der Waals surface area contributed by atoms with Crippen LogP contribution in [0.2, 0.25) is 5.02 Å². The summed E-state index contributed by atoms with van der Waals surface area (Å²) in [5.41, 5.74) is 0.764. The first-order chi connectivity index (χ1) is 14.8. The second-order valence-electron chi connectivity index (χ2n) is 7.10. The fourth-order valence-electron chi connectivity index (χ4n) is 3.44. The van der Waals surface area contributed by atoms with Crippen LogP contribution in [0, 0.1) is 11.7 Å². The molecule has 4 rings (SSSR count). The van der Waals surface area contributed by atoms with Gasteiger partial charge in [-0.1, -0.05) is 22.9 Å². The summed E-state index contributed by atoms with van der Waals surface area (Å²) in [5.74, 6) is -0.480. The zero-order valence-corrected chi connectivity index (χ0v) is 18.9. The van der Waals surface area contributed by atoms with Crippen molar-refractivity contribution in [2.24, 2.45) is 5.92 Å². The second-order valence-corrected chi connectivity index (χ2v) is 10.5. The Kier molecular flexibility index (Phi) is 6.16. The molecule has 1 aromatic heterocycles. The largest absolute Gasteiger partial charge is 0.497 e. The highest BCUT2D eigenvalue weighted by atomic mass is 35.5. The molecule has 1 amide bonds. The molecule has 0 atom stereocenters. The molecule has 3 aromatic rings. The predicted molar refractivity (Wildman–Crippen MR) is 118 cm³/mol. The molecule has 0 spiro atoms. The molecule has 164 valence electrons. The minimum atomic E-state index is -3.80. The highest BCUT2D eigenvalue weighted by Crippen LogP contribution is 2.31. The lowest BCUT2D eigenvalue weighted by atomic mass is 9.97. The minimum absolute atomic E-state index is 0.0632. The number of nitrogens with zero attached hydrogens (tertiary/aromatic N) is 2. The SMILES string of the molecule is COc1ccc2nc(NC(=O)C3CCN(S(=O)(=O)c4ccc(F)c(Cl)c4)CC3)sc2c1. The third-order valence-corrected chi connectivity index (χ3v) is 8.30. The van der Waals surface area contributed by atoms with Gasteiger partial charge >= 0.3 is 0 Å². The van der Waals surface area contributed by atoms with Gasteiger partial charge in [0.05, 0.1) is 27.2 Å². The highest BCUT2D eigenvalue weighted by molar-refractivity contribution is 7.89. The van der Waals surface area contributed by atoms with Crippen LogP contribution in [-0.2, 0) is 14.8 Å². The van der Waals surface area contributed by atoms with Gasteiger partial charge in [-0.2, -0.15) is 4.31 Å². The van der Waals surface area contributed by atoms with Crippen molar-refractivity contribution in [3.8, 4) is 5.75 Å². The summed E-state index contributed by atoms with van der Waals surface area (Å²) >= 11 is 7.08. The van der Waals surface area contributed by atoms with Gasteiger partial charge in [0.25, 0.3) is 0 Å². The molecular weight excluding hydrogens is 465 g/mol. The number of anilines is 1. The van der Waals surface area contributed by atoms with E-state index >= 15 is 0 Å². The van der Waals surface area contributed by atoms with E-state index in [1.807, 2.05) is 12.1 Å². The first-order valence-electron chi connectivity index (χ1n) is 9.48. The van der Waals surface area contributed by atoms with Gasteiger partial charge in [-0.25, -0.2) is 17.8 Å². The molecule has 1 N–H and O–H groups in total. The number of hydrogen-bond acceptors (Lipinski definition) is 6. The smallest absolute Gasteiger partial charge is 0.243 e. The van der Waals surface area contributed by atoms with Crippen molar-refractivity contribution >= 4 is 54.2 Å². The van der Waals surface area contributed by atoms with Gasteiger partial charge in [-0.3, -0.25) is 4.79 Å². The summed E-state index contributed by atoms with van der Waals surface area (Å²) < 4.78 is 46.3. The molecule has 31 heavy (non-hydrogen) atoms. The number of rotatable bonds is 5. The minimum Gasteiger partial charge on any atom is -0.497 e. The average molecular weight is 484 g/mol. The van der Waals surface area contributed by atoms with E-state index in [4.69, 9.17) is 16.3 Å². The van der Waals surface area contributed by atoms with Crippen molar-refractivity contribution in [1.82, 2.24) is 9.29 Å². The number of hydrogen-bond donors (Lipinski definition) is 1. The Hall–Kier alpha value is -2.27. The lowest BCUT2D eigenvalue weighted by Gasteiger charge is -2.30. The van der Waals surface area contributed by atoms with Crippen LogP contribution in [0.4, 0.5) is 9.52 Å². The Morgan fingerprint density at radius 2 is 2.00 bits per heavy atom. The van der Waals surface area contributed by atoms with E-state index in [0.29, 0.717) is 23.7 Å². The monoisotopic (exact) mass is 483 g/mol. The Bertz CT molecular complexity index is 1240. The second kappa shape index (κ2) is 8.70. The zero-order chi connectivity index (χ0) is 22.2. The van der Waals surface area contributed by atoms with Crippen molar-refractivity contribution in [3.63, 3.8) is 0 Å². The third kappa shape index (κ3) is 4.52. The molecule has 11 heteroatoms. The Balaban J connectivity index is 1.40. The van der Waals surface area contributed by atoms with Gasteiger partial charge in [-0.15, -0.1) is 0 Å². The van der Waals surface area contributed by atoms with Crippen molar-refractivity contribution in [2.75, 3.05) is 25.5 Å². The number of carbonyl (C=O) groups excluding carboxylic acids is 1. The molecule has 0 saturated carbocycles. The quantitative estimate of drug-likeness (QED) is 0.589. The van der Waals surface area contributed by atoms with Crippen LogP contribution in [0.5, 0.6) is 5.75 Å². The number of methoxy groups -OCH3 is 1. The van der Waals surface area contributed by atoms with Gasteiger partial charge in [0.2, 0.25) is 15.9 Å². The molecule has 1 aliphatic heterocycles. The molecule has 0 aliphatic carbocycles. The van der Waals surface area contributed by atoms with Crippen molar-refractivity contribution in [1.29, 1.82) is 0 Å². The van der Waals surface area contributed by atoms with Crippen molar-refractivity contribution in [2.45, 2.75) is 17.7 Å². The van der Waals surface area contributed by atoms with Gasteiger partial charge in [0.15, 0.2) is 5.13 Å². The fraction of sp³-hybridized carbons (Fsp3) is 0.300. The first kappa shape index (κ1) is 21.9. The van der Waals surface area contributed by atoms with Crippen LogP contribution in [0.15, 0.2) is 41.3 Å². The summed E-state index contributed by atoms with van der Waals surface area (Å²) in [6.45, 7) is 0.374. The predicted octanol–water partition coefficient (Wildman–Crippen LogP) is 4.14. The average Bonchev–Trinajstić information content (AvgIpc) is 3.16. The van der Waals surface area contributed by atoms with Crippen LogP contribution < -0.4 is 10.1 Å². The van der Waals surface area contributed by atoms with E-state index in [9.17, 15) is 17.6 Å². The van der Waals surface area contributed by atoms with Gasteiger partial charge in [0.1, 0.15) is 11.6 Å². The summed E-state index contributed by atoms with van der Waals surface area (Å²) in [6, 6.07) is 8.81. The van der Waals surface area contributed by atoms with E-state index in [-0.39, 0.29) is 34.8 Å². The Morgan fingerprint density at radius 3 is 2.68 bits per heavy atom. The summed E-state index contributed by atoms with van der Waals surface area (Å²) in [7, 11) is -2.22. The Labute approximate surface area is 187 Å². The zero-order valence-electron chi connectivity index (χ0n) is 16.5. The van der Waals surface area contributed by atoms with E-state index in [1.165, 1.54) is 21.7 Å². The highest BCUT2D eigenvalue weighted by Gasteiger charge is 2.32. The first-order valence-corrected chi connectivity index (χ1v) is 12.1. The molecular formula is C20H19ClFN3O4S2. The van der Waals surface area contributed by atoms with Gasteiger partial charge in [0, 0.05) is 19.0 Å². The van der Waals surface area contributed by atoms with Crippen molar-refractivity contribution in [3.05, 3.63) is 47.2 Å². The summed E-state index contributed by atoms with van der Waals surface area (Å²) in [4.78, 5) is 17.0. The van der Waals surface area contributed by atoms with Gasteiger partial charge < -0.3 is 10.1 Å². The number of benzene rings is 2. The molecule has 0 bridgehead atoms. The van der Waals surface area contributed by atoms with Crippen LogP contribution in [0.25, 0.3) is 10.2 Å². The molecule has 1 fully saturated rings. The number of ether oxygens (including phenoxy) is 1. The van der Waals surface area contributed by atoms with Gasteiger partial charge in [-0.05, 0) is 49.2 Å². The molecule has 0 unspecified atom stereocenters. The molecule has 7 nitrogen and oxygen atoms in total. The number of thiazole rings is 1. The molecule has 2 aromatic carbocycles. The number of nitrogens with one attached hydrogen (secondary N) is 1. The molecule has 0 radical (unpaired) electrons. The number of aromatic nitrogens is 1. The van der Waals surface area contributed by atoms with E-state index in [0.717, 1.165) is 22.3 Å². The molecule has 1 aliphatic rings. The fourth-order valence-corrected chi connectivity index (χ4v) is 6.08. The topological polar surface area (TPSA) is 88.6 Å². The van der Waals surface area contributed by atoms with Crippen LogP contribution in [0.3, 0.4) is 0 Å². The number of halogens is 2.